The number of aryl methyl sites for hydroxylation is 3. The molecule has 0 bridgehead atoms. The van der Waals surface area contributed by atoms with Crippen molar-refractivity contribution < 1.29 is 100 Å². The monoisotopic (exact) mass is 1520 g/mol. The zero-order chi connectivity index (χ0) is 69.5. The molecule has 0 heterocycles. The Labute approximate surface area is 548 Å². The van der Waals surface area contributed by atoms with Gasteiger partial charge in [0.15, 0.2) is 0 Å². The van der Waals surface area contributed by atoms with Gasteiger partial charge in [-0.25, -0.2) is 28.8 Å². The normalized spacial score (nSPS) is 9.57. The van der Waals surface area contributed by atoms with E-state index in [0.717, 1.165) is 33.4 Å². The molecule has 493 valence electrons. The molecule has 24 nitrogen and oxygen atoms in total. The van der Waals surface area contributed by atoms with Gasteiger partial charge in [0.2, 0.25) is 0 Å². The fourth-order valence-corrected chi connectivity index (χ4v) is 9.26. The predicted octanol–water partition coefficient (Wildman–Crippen LogP) is 14.4. The van der Waals surface area contributed by atoms with Gasteiger partial charge in [0.1, 0.15) is 16.8 Å². The number of rotatable bonds is 17. The summed E-state index contributed by atoms with van der Waals surface area (Å²) in [6, 6.07) is 16.1. The number of nitrogens with one attached hydrogen (secondary N) is 1. The molecule has 0 radical (unpaired) electrons. The van der Waals surface area contributed by atoms with E-state index < -0.39 is 41.2 Å². The van der Waals surface area contributed by atoms with E-state index in [1.165, 1.54) is 59.9 Å². The fourth-order valence-electron chi connectivity index (χ4n) is 6.30. The van der Waals surface area contributed by atoms with Crippen molar-refractivity contribution in [1.29, 1.82) is 0 Å². The van der Waals surface area contributed by atoms with Crippen molar-refractivity contribution in [3.63, 3.8) is 0 Å². The van der Waals surface area contributed by atoms with Gasteiger partial charge in [0.05, 0.1) is 44.6 Å². The zero-order valence-electron chi connectivity index (χ0n) is 54.0. The summed E-state index contributed by atoms with van der Waals surface area (Å²) in [7, 11) is 5.08. The Kier molecular flexibility index (Phi) is 60.7. The molecular weight excluding hydrogens is 1430 g/mol. The van der Waals surface area contributed by atoms with Gasteiger partial charge in [-0.1, -0.05) is 68.9 Å². The average molecular weight is 1520 g/mol. The van der Waals surface area contributed by atoms with Crippen molar-refractivity contribution in [3.8, 4) is 0 Å². The van der Waals surface area contributed by atoms with Gasteiger partial charge < -0.3 is 44.2 Å². The third-order valence-corrected chi connectivity index (χ3v) is 12.3. The number of hydrogen-bond donors (Lipinski definition) is 2. The van der Waals surface area contributed by atoms with Gasteiger partial charge in [0, 0.05) is 18.0 Å². The number of nitrogens with two attached hydrogens (primary N) is 1. The third kappa shape index (κ3) is 61.6. The number of esters is 3. The summed E-state index contributed by atoms with van der Waals surface area (Å²) in [6.07, 6.45) is 11.4. The molecule has 0 aliphatic rings. The van der Waals surface area contributed by atoms with Crippen molar-refractivity contribution in [2.75, 3.05) is 39.8 Å². The third-order valence-electron chi connectivity index (χ3n) is 9.49. The van der Waals surface area contributed by atoms with Crippen LogP contribution >= 0.6 is 47.9 Å². The number of benzene rings is 3. The molecule has 28 heteroatoms. The number of methoxy groups -OCH3 is 3. The molecule has 0 saturated heterocycles. The number of halogens is 2. The molecule has 3 aromatic carbocycles. The van der Waals surface area contributed by atoms with Gasteiger partial charge in [-0.2, -0.15) is 28.8 Å². The molecule has 88 heavy (non-hydrogen) atoms. The first-order valence-electron chi connectivity index (χ1n) is 27.1. The van der Waals surface area contributed by atoms with E-state index in [1.807, 2.05) is 39.0 Å². The van der Waals surface area contributed by atoms with Crippen molar-refractivity contribution in [2.45, 2.75) is 179 Å². The second-order valence-electron chi connectivity index (χ2n) is 20.8. The molecule has 0 atom stereocenters. The number of alkyl carbamates (subject to hydrolysis) is 1. The molecule has 0 saturated carbocycles. The molecule has 0 spiro atoms. The minimum absolute atomic E-state index is 0.238. The van der Waals surface area contributed by atoms with Crippen LogP contribution in [0.3, 0.4) is 0 Å². The van der Waals surface area contributed by atoms with Crippen molar-refractivity contribution >= 4 is 103 Å². The Morgan fingerprint density at radius 3 is 1.14 bits per heavy atom. The van der Waals surface area contributed by atoms with E-state index in [-0.39, 0.29) is 36.9 Å². The first-order chi connectivity index (χ1) is 41.0. The number of azide groups is 1. The second kappa shape index (κ2) is 57.4. The van der Waals surface area contributed by atoms with Crippen LogP contribution < -0.4 is 11.1 Å². The van der Waals surface area contributed by atoms with E-state index in [4.69, 9.17) is 54.2 Å². The van der Waals surface area contributed by atoms with Gasteiger partial charge in [-0.05, 0) is 191 Å². The molecule has 3 rings (SSSR count). The molecule has 0 aliphatic heterocycles. The van der Waals surface area contributed by atoms with Crippen LogP contribution in [0, 0.1) is 20.8 Å². The first kappa shape index (κ1) is 93.1. The number of carbonyl (C=O) groups is 6. The zero-order valence-corrected chi connectivity index (χ0v) is 60.6. The number of unbranched alkanes of at least 4 members (excludes halogenated alkanes) is 3. The van der Waals surface area contributed by atoms with Crippen molar-refractivity contribution in [2.24, 2.45) is 10.8 Å². The topological polar surface area (TPSA) is 356 Å². The number of hydrogen-bond acceptors (Lipinski definition) is 21. The van der Waals surface area contributed by atoms with E-state index in [1.54, 1.807) is 117 Å². The molecule has 0 aliphatic carbocycles. The van der Waals surface area contributed by atoms with E-state index in [0.29, 0.717) is 47.2 Å². The average Bonchev–Trinajstić information content (AvgIpc) is 3.23. The summed E-state index contributed by atoms with van der Waals surface area (Å²) < 4.78 is 32.9. The van der Waals surface area contributed by atoms with E-state index in [9.17, 15) is 28.8 Å². The van der Waals surface area contributed by atoms with Crippen molar-refractivity contribution in [1.82, 2.24) is 5.32 Å². The molecular formula is C60H90I2N5O19PV. The molecule has 0 unspecified atom stereocenters. The summed E-state index contributed by atoms with van der Waals surface area (Å²) in [4.78, 5) is 119. The Hall–Kier alpha value is -6.04. The van der Waals surface area contributed by atoms with Crippen LogP contribution in [-0.4, -0.2) is 111 Å². The van der Waals surface area contributed by atoms with Crippen LogP contribution in [0.5, 0.6) is 0 Å². The summed E-state index contributed by atoms with van der Waals surface area (Å²) in [5.74, 6) is -1.11. The maximum atomic E-state index is 11.6. The Bertz CT molecular complexity index is 2570. The maximum absolute atomic E-state index is 11.6. The van der Waals surface area contributed by atoms with Gasteiger partial charge in [-0.3, -0.25) is 0 Å². The number of ether oxygens (including phenoxy) is 7. The summed E-state index contributed by atoms with van der Waals surface area (Å²) in [6.45, 7) is 29.0. The quantitative estimate of drug-likeness (QED) is 0.0185. The van der Waals surface area contributed by atoms with Crippen LogP contribution in [0.25, 0.3) is 10.4 Å². The van der Waals surface area contributed by atoms with Crippen LogP contribution in [0.2, 0.25) is 0 Å². The van der Waals surface area contributed by atoms with Crippen molar-refractivity contribution in [3.05, 3.63) is 115 Å². The number of carbonyl (C=O) groups excluding carboxylic acids is 12. The summed E-state index contributed by atoms with van der Waals surface area (Å²) >= 11 is 4.74. The SMILES string of the molecule is CC(C)(C)OC(=O)OC(=O)OC(C)(C)C.CCCCP(CCCC)CCCC.COC(=O)c1cc(C)cc(CN)c1.COC(=O)c1cc(C)cc(CN=[N+]=[N-])c1.COC(=O)c1cc(C)cc(CNC(=O)OC(C)(C)C)c1.O=C=O.O=C=O.O=C=O.[I][V][I]. The number of amides is 1. The van der Waals surface area contributed by atoms with Crippen LogP contribution in [0.4, 0.5) is 14.4 Å². The first-order valence-corrected chi connectivity index (χ1v) is 38.0. The van der Waals surface area contributed by atoms with E-state index >= 15 is 0 Å². The van der Waals surface area contributed by atoms with Crippen LogP contribution in [0.1, 0.15) is 186 Å². The molecule has 3 N–H and O–H groups in total. The Morgan fingerprint density at radius 2 is 0.852 bits per heavy atom. The minimum atomic E-state index is -1.06. The molecule has 3 aromatic rings. The molecule has 0 fully saturated rings. The fraction of sp³-hybridized carbons (Fsp3) is 0.550. The van der Waals surface area contributed by atoms with Gasteiger partial charge in [-0.15, -0.1) is 7.92 Å². The van der Waals surface area contributed by atoms with E-state index in [2.05, 4.69) is 95.0 Å². The Balaban J connectivity index is -0.000000229. The second-order valence-corrected chi connectivity index (χ2v) is 35.3. The van der Waals surface area contributed by atoms with Gasteiger partial charge >= 0.3 is 104 Å². The molecule has 0 aromatic heterocycles. The summed E-state index contributed by atoms with van der Waals surface area (Å²) in [5, 5.41) is 6.09. The Morgan fingerprint density at radius 1 is 0.557 bits per heavy atom. The van der Waals surface area contributed by atoms with Crippen LogP contribution in [0.15, 0.2) is 59.7 Å². The standard InChI is InChI=1S/C15H21NO4.C12H27P.C10H11N3O2.C10H13NO2.C10H18O5.3CO2.2HI.V/c1-10-6-11(8-12(7-10)13(17)19-5)9-16-14(18)20-15(2,3)4;1-4-7-10-13(11-8-5-2)12-9-6-3;1-7-3-8(6-12-13-11)5-9(4-7)10(14)15-2;1-7-3-8(6-11)5-9(4-7)10(12)13-2;1-9(2,3)14-7(11)13-8(12)15-10(4,5)6;3*2-1-3;;;/h6-8H,9H2,1-5H3,(H,16,18);4-12H2,1-3H3;3-5H,6H2,1-2H3;3-5H,6,11H2,1-2H3;1-6H3;;;;2*1H;/q;;;;;;;;;;+2/p-2. The number of nitrogens with zero attached hydrogens (tertiary/aromatic N) is 3. The summed E-state index contributed by atoms with van der Waals surface area (Å²) in [5.41, 5.74) is 18.7. The van der Waals surface area contributed by atoms with Gasteiger partial charge in [0.25, 0.3) is 0 Å². The molecule has 1 amide bonds. The van der Waals surface area contributed by atoms with Crippen LogP contribution in [-0.2, 0) is 91.0 Å². The predicted molar refractivity (Wildman–Crippen MR) is 344 cm³/mol.